The van der Waals surface area contributed by atoms with E-state index in [9.17, 15) is 13.6 Å². The Morgan fingerprint density at radius 2 is 1.67 bits per heavy atom. The van der Waals surface area contributed by atoms with Crippen LogP contribution in [0.4, 0.5) is 8.78 Å². The number of hydrogen-bond donors (Lipinski definition) is 1. The summed E-state index contributed by atoms with van der Waals surface area (Å²) < 4.78 is 38.0. The highest BCUT2D eigenvalue weighted by atomic mass is 19.1. The predicted molar refractivity (Wildman–Crippen MR) is 71.9 cm³/mol. The van der Waals surface area contributed by atoms with E-state index >= 15 is 0 Å². The molecule has 2 rings (SSSR count). The summed E-state index contributed by atoms with van der Waals surface area (Å²) in [7, 11) is 2.62. The average Bonchev–Trinajstić information content (AvgIpc) is 2.46. The van der Waals surface area contributed by atoms with Crippen LogP contribution in [-0.4, -0.2) is 25.3 Å². The maximum Gasteiger partial charge on any atom is 0.335 e. The molecule has 0 bridgehead atoms. The summed E-state index contributed by atoms with van der Waals surface area (Å²) >= 11 is 0. The van der Waals surface area contributed by atoms with Gasteiger partial charge in [-0.25, -0.2) is 13.6 Å². The van der Waals surface area contributed by atoms with Crippen LogP contribution < -0.4 is 9.47 Å². The minimum Gasteiger partial charge on any atom is -0.497 e. The summed E-state index contributed by atoms with van der Waals surface area (Å²) in [5.41, 5.74) is -0.439. The van der Waals surface area contributed by atoms with E-state index in [0.29, 0.717) is 0 Å². The standard InChI is InChI=1S/C15H12F2O4/c1-20-9-6-11(16)14(12(17)7-9)10-5-8(15(18)19)3-4-13(10)21-2/h3-7H,1-2H3,(H,18,19). The number of carbonyl (C=O) groups is 1. The number of benzene rings is 2. The smallest absolute Gasteiger partial charge is 0.335 e. The summed E-state index contributed by atoms with van der Waals surface area (Å²) in [6, 6.07) is 5.84. The van der Waals surface area contributed by atoms with Crippen molar-refractivity contribution < 1.29 is 28.2 Å². The molecule has 0 aliphatic heterocycles. The highest BCUT2D eigenvalue weighted by molar-refractivity contribution is 5.90. The van der Waals surface area contributed by atoms with Gasteiger partial charge in [-0.1, -0.05) is 0 Å². The van der Waals surface area contributed by atoms with Gasteiger partial charge in [0.2, 0.25) is 0 Å². The van der Waals surface area contributed by atoms with Gasteiger partial charge >= 0.3 is 5.97 Å². The number of rotatable bonds is 4. The predicted octanol–water partition coefficient (Wildman–Crippen LogP) is 3.35. The molecule has 0 spiro atoms. The summed E-state index contributed by atoms with van der Waals surface area (Å²) in [5.74, 6) is -2.74. The van der Waals surface area contributed by atoms with E-state index in [0.717, 1.165) is 18.2 Å². The van der Waals surface area contributed by atoms with Gasteiger partial charge in [0.25, 0.3) is 0 Å². The molecule has 0 saturated carbocycles. The Bertz CT molecular complexity index is 675. The third-order valence-electron chi connectivity index (χ3n) is 2.97. The number of carboxylic acids is 1. The van der Waals surface area contributed by atoms with Crippen molar-refractivity contribution in [3.8, 4) is 22.6 Å². The number of ether oxygens (including phenoxy) is 2. The summed E-state index contributed by atoms with van der Waals surface area (Å²) in [6.45, 7) is 0. The molecule has 1 N–H and O–H groups in total. The van der Waals surface area contributed by atoms with Gasteiger partial charge in [-0.2, -0.15) is 0 Å². The maximum atomic E-state index is 14.1. The van der Waals surface area contributed by atoms with Crippen molar-refractivity contribution in [2.75, 3.05) is 14.2 Å². The lowest BCUT2D eigenvalue weighted by Gasteiger charge is -2.12. The second-order valence-corrected chi connectivity index (χ2v) is 4.19. The molecule has 6 heteroatoms. The second-order valence-electron chi connectivity index (χ2n) is 4.19. The summed E-state index contributed by atoms with van der Waals surface area (Å²) in [6.07, 6.45) is 0. The first-order valence-corrected chi connectivity index (χ1v) is 5.92. The number of methoxy groups -OCH3 is 2. The van der Waals surface area contributed by atoms with Crippen LogP contribution in [0.15, 0.2) is 30.3 Å². The van der Waals surface area contributed by atoms with Crippen LogP contribution in [0.1, 0.15) is 10.4 Å². The molecule has 0 fully saturated rings. The molecule has 0 unspecified atom stereocenters. The van der Waals surface area contributed by atoms with Gasteiger partial charge in [0.1, 0.15) is 23.1 Å². The fourth-order valence-corrected chi connectivity index (χ4v) is 1.96. The summed E-state index contributed by atoms with van der Waals surface area (Å²) in [5, 5.41) is 8.99. The van der Waals surface area contributed by atoms with Crippen molar-refractivity contribution in [2.45, 2.75) is 0 Å². The first-order valence-electron chi connectivity index (χ1n) is 5.92. The van der Waals surface area contributed by atoms with E-state index in [1.54, 1.807) is 0 Å². The number of carboxylic acid groups (broad SMARTS) is 1. The van der Waals surface area contributed by atoms with Crippen molar-refractivity contribution in [1.29, 1.82) is 0 Å². The molecule has 21 heavy (non-hydrogen) atoms. The molecule has 0 atom stereocenters. The zero-order chi connectivity index (χ0) is 15.6. The van der Waals surface area contributed by atoms with E-state index in [-0.39, 0.29) is 28.2 Å². The van der Waals surface area contributed by atoms with Gasteiger partial charge in [-0.05, 0) is 18.2 Å². The van der Waals surface area contributed by atoms with E-state index in [1.165, 1.54) is 26.4 Å². The minimum atomic E-state index is -1.20. The molecule has 0 amide bonds. The third-order valence-corrected chi connectivity index (χ3v) is 2.97. The van der Waals surface area contributed by atoms with Gasteiger partial charge < -0.3 is 14.6 Å². The lowest BCUT2D eigenvalue weighted by Crippen LogP contribution is -2.00. The molecular formula is C15H12F2O4. The van der Waals surface area contributed by atoms with Gasteiger partial charge in [0.05, 0.1) is 25.3 Å². The van der Waals surface area contributed by atoms with Gasteiger partial charge in [-0.3, -0.25) is 0 Å². The Hall–Kier alpha value is -2.63. The first-order chi connectivity index (χ1) is 9.97. The third kappa shape index (κ3) is 2.79. The zero-order valence-electron chi connectivity index (χ0n) is 11.3. The van der Waals surface area contributed by atoms with Crippen LogP contribution in [-0.2, 0) is 0 Å². The molecule has 0 saturated heterocycles. The van der Waals surface area contributed by atoms with Crippen molar-refractivity contribution in [3.05, 3.63) is 47.5 Å². The zero-order valence-corrected chi connectivity index (χ0v) is 11.3. The second kappa shape index (κ2) is 5.78. The maximum absolute atomic E-state index is 14.1. The van der Waals surface area contributed by atoms with Crippen molar-refractivity contribution >= 4 is 5.97 Å². The lowest BCUT2D eigenvalue weighted by atomic mass is 10.0. The van der Waals surface area contributed by atoms with Crippen LogP contribution in [0, 0.1) is 11.6 Å². The SMILES string of the molecule is COc1cc(F)c(-c2cc(C(=O)O)ccc2OC)c(F)c1. The van der Waals surface area contributed by atoms with Crippen LogP contribution in [0.5, 0.6) is 11.5 Å². The lowest BCUT2D eigenvalue weighted by molar-refractivity contribution is 0.0697. The normalized spacial score (nSPS) is 10.3. The Labute approximate surface area is 119 Å². The minimum absolute atomic E-state index is 0.0232. The molecule has 2 aromatic rings. The molecule has 0 aliphatic rings. The Kier molecular flexibility index (Phi) is 4.07. The first kappa shape index (κ1) is 14.8. The molecule has 0 radical (unpaired) electrons. The molecule has 110 valence electrons. The highest BCUT2D eigenvalue weighted by Gasteiger charge is 2.19. The fraction of sp³-hybridized carbons (Fsp3) is 0.133. The number of halogens is 2. The molecule has 4 nitrogen and oxygen atoms in total. The molecule has 0 heterocycles. The van der Waals surface area contributed by atoms with E-state index in [1.807, 2.05) is 0 Å². The highest BCUT2D eigenvalue weighted by Crippen LogP contribution is 2.36. The van der Waals surface area contributed by atoms with Crippen LogP contribution in [0.3, 0.4) is 0 Å². The number of aromatic carboxylic acids is 1. The van der Waals surface area contributed by atoms with Crippen LogP contribution >= 0.6 is 0 Å². The largest absolute Gasteiger partial charge is 0.497 e. The van der Waals surface area contributed by atoms with Gasteiger partial charge in [0.15, 0.2) is 0 Å². The van der Waals surface area contributed by atoms with Crippen molar-refractivity contribution in [3.63, 3.8) is 0 Å². The average molecular weight is 294 g/mol. The summed E-state index contributed by atoms with van der Waals surface area (Å²) in [4.78, 5) is 11.0. The Balaban J connectivity index is 2.70. The van der Waals surface area contributed by atoms with E-state index < -0.39 is 17.6 Å². The topological polar surface area (TPSA) is 55.8 Å². The Morgan fingerprint density at radius 3 is 2.14 bits per heavy atom. The van der Waals surface area contributed by atoms with Crippen molar-refractivity contribution in [2.24, 2.45) is 0 Å². The molecule has 0 aromatic heterocycles. The van der Waals surface area contributed by atoms with Crippen LogP contribution in [0.2, 0.25) is 0 Å². The Morgan fingerprint density at radius 1 is 1.05 bits per heavy atom. The quantitative estimate of drug-likeness (QED) is 0.939. The van der Waals surface area contributed by atoms with Crippen LogP contribution in [0.25, 0.3) is 11.1 Å². The molecule has 0 aliphatic carbocycles. The molecular weight excluding hydrogens is 282 g/mol. The van der Waals surface area contributed by atoms with Gasteiger partial charge in [-0.15, -0.1) is 0 Å². The monoisotopic (exact) mass is 294 g/mol. The fourth-order valence-electron chi connectivity index (χ4n) is 1.96. The van der Waals surface area contributed by atoms with E-state index in [4.69, 9.17) is 14.6 Å². The number of hydrogen-bond acceptors (Lipinski definition) is 3. The van der Waals surface area contributed by atoms with Gasteiger partial charge in [0, 0.05) is 17.7 Å². The van der Waals surface area contributed by atoms with Crippen molar-refractivity contribution in [1.82, 2.24) is 0 Å². The van der Waals surface area contributed by atoms with E-state index in [2.05, 4.69) is 0 Å². The molecule has 2 aromatic carbocycles.